The summed E-state index contributed by atoms with van der Waals surface area (Å²) in [6.07, 6.45) is 1.76. The minimum atomic E-state index is -0.469. The molecule has 0 aliphatic rings. The number of hydrogen-bond acceptors (Lipinski definition) is 3. The summed E-state index contributed by atoms with van der Waals surface area (Å²) >= 11 is 0. The largest absolute Gasteiger partial charge is 0.444 e. The lowest BCUT2D eigenvalue weighted by molar-refractivity contribution is -0.117. The second-order valence-electron chi connectivity index (χ2n) is 5.14. The van der Waals surface area contributed by atoms with Crippen molar-refractivity contribution in [1.82, 2.24) is 5.32 Å². The van der Waals surface area contributed by atoms with Gasteiger partial charge in [0.2, 0.25) is 0 Å². The van der Waals surface area contributed by atoms with E-state index in [4.69, 9.17) is 4.74 Å². The molecule has 0 aromatic carbocycles. The Balaban J connectivity index is 3.74. The molecule has 1 atom stereocenters. The molecule has 0 rings (SSSR count). The van der Waals surface area contributed by atoms with Crippen molar-refractivity contribution in [2.45, 2.75) is 65.5 Å². The molecule has 0 aromatic rings. The topological polar surface area (TPSA) is 55.4 Å². The van der Waals surface area contributed by atoms with Gasteiger partial charge in [-0.1, -0.05) is 0 Å². The van der Waals surface area contributed by atoms with Crippen LogP contribution in [0.15, 0.2) is 0 Å². The van der Waals surface area contributed by atoms with Gasteiger partial charge in [0.25, 0.3) is 0 Å². The van der Waals surface area contributed by atoms with Gasteiger partial charge in [-0.15, -0.1) is 0 Å². The van der Waals surface area contributed by atoms with Crippen molar-refractivity contribution in [3.05, 3.63) is 0 Å². The second kappa shape index (κ2) is 6.51. The van der Waals surface area contributed by atoms with Gasteiger partial charge in [-0.2, -0.15) is 0 Å². The number of carbonyl (C=O) groups excluding carboxylic acids is 2. The van der Waals surface area contributed by atoms with Crippen LogP contribution < -0.4 is 5.32 Å². The summed E-state index contributed by atoms with van der Waals surface area (Å²) in [7, 11) is 0. The minimum Gasteiger partial charge on any atom is -0.444 e. The number of hydrogen-bond donors (Lipinski definition) is 1. The van der Waals surface area contributed by atoms with E-state index >= 15 is 0 Å². The predicted octanol–water partition coefficient (Wildman–Crippen LogP) is 2.66. The molecule has 0 spiro atoms. The van der Waals surface area contributed by atoms with E-state index in [1.807, 2.05) is 27.7 Å². The summed E-state index contributed by atoms with van der Waals surface area (Å²) in [6, 6.07) is 0.0363. The first-order valence-corrected chi connectivity index (χ1v) is 5.69. The van der Waals surface area contributed by atoms with Crippen molar-refractivity contribution >= 4 is 11.9 Å². The van der Waals surface area contributed by atoms with Crippen LogP contribution in [-0.2, 0) is 9.53 Å². The molecule has 0 radical (unpaired) electrons. The van der Waals surface area contributed by atoms with E-state index in [2.05, 4.69) is 5.32 Å². The lowest BCUT2D eigenvalue weighted by Crippen LogP contribution is -2.37. The van der Waals surface area contributed by atoms with Gasteiger partial charge in [-0.25, -0.2) is 4.79 Å². The standard InChI is InChI=1S/C12H23NO3/c1-9(7-6-8-10(2)14)13-11(15)16-12(3,4)5/h9H,6-8H2,1-5H3,(H,13,15)/t9-/m1/s1. The zero-order valence-electron chi connectivity index (χ0n) is 10.9. The third-order valence-electron chi connectivity index (χ3n) is 1.93. The highest BCUT2D eigenvalue weighted by Gasteiger charge is 2.17. The van der Waals surface area contributed by atoms with Crippen LogP contribution in [0.1, 0.15) is 53.9 Å². The van der Waals surface area contributed by atoms with Gasteiger partial charge in [-0.3, -0.25) is 0 Å². The molecule has 0 saturated carbocycles. The average molecular weight is 229 g/mol. The molecule has 0 bridgehead atoms. The maximum absolute atomic E-state index is 11.4. The summed E-state index contributed by atoms with van der Waals surface area (Å²) in [5.74, 6) is 0.185. The summed E-state index contributed by atoms with van der Waals surface area (Å²) in [6.45, 7) is 8.96. The van der Waals surface area contributed by atoms with Crippen molar-refractivity contribution in [2.24, 2.45) is 0 Å². The quantitative estimate of drug-likeness (QED) is 0.788. The molecular weight excluding hydrogens is 206 g/mol. The molecule has 94 valence electrons. The van der Waals surface area contributed by atoms with Gasteiger partial charge in [0, 0.05) is 12.5 Å². The van der Waals surface area contributed by atoms with E-state index in [1.165, 1.54) is 0 Å². The van der Waals surface area contributed by atoms with E-state index in [0.717, 1.165) is 12.8 Å². The van der Waals surface area contributed by atoms with Crippen LogP contribution in [0.3, 0.4) is 0 Å². The van der Waals surface area contributed by atoms with Crippen molar-refractivity contribution in [1.29, 1.82) is 0 Å². The van der Waals surface area contributed by atoms with E-state index in [9.17, 15) is 9.59 Å². The first-order valence-electron chi connectivity index (χ1n) is 5.69. The maximum Gasteiger partial charge on any atom is 0.407 e. The lowest BCUT2D eigenvalue weighted by atomic mass is 10.1. The maximum atomic E-state index is 11.4. The summed E-state index contributed by atoms with van der Waals surface area (Å²) in [5, 5.41) is 2.74. The Morgan fingerprint density at radius 1 is 1.31 bits per heavy atom. The number of ketones is 1. The van der Waals surface area contributed by atoms with Gasteiger partial charge in [0.05, 0.1) is 0 Å². The molecule has 0 aliphatic carbocycles. The van der Waals surface area contributed by atoms with Gasteiger partial charge < -0.3 is 14.8 Å². The average Bonchev–Trinajstić information content (AvgIpc) is 1.98. The smallest absolute Gasteiger partial charge is 0.407 e. The number of carbonyl (C=O) groups is 2. The number of rotatable bonds is 5. The fourth-order valence-electron chi connectivity index (χ4n) is 1.24. The molecule has 0 saturated heterocycles. The highest BCUT2D eigenvalue weighted by atomic mass is 16.6. The fraction of sp³-hybridized carbons (Fsp3) is 0.833. The lowest BCUT2D eigenvalue weighted by Gasteiger charge is -2.21. The van der Waals surface area contributed by atoms with Gasteiger partial charge in [-0.05, 0) is 47.5 Å². The summed E-state index contributed by atoms with van der Waals surface area (Å²) < 4.78 is 5.12. The number of amides is 1. The van der Waals surface area contributed by atoms with Gasteiger partial charge in [0.15, 0.2) is 0 Å². The molecule has 0 unspecified atom stereocenters. The zero-order chi connectivity index (χ0) is 12.8. The van der Waals surface area contributed by atoms with Crippen molar-refractivity contribution in [3.63, 3.8) is 0 Å². The zero-order valence-corrected chi connectivity index (χ0v) is 10.9. The Kier molecular flexibility index (Phi) is 6.08. The molecule has 0 fully saturated rings. The SMILES string of the molecule is CC(=O)CCC[C@@H](C)NC(=O)OC(C)(C)C. The molecule has 4 heteroatoms. The molecule has 4 nitrogen and oxygen atoms in total. The number of nitrogens with one attached hydrogen (secondary N) is 1. The van der Waals surface area contributed by atoms with Crippen molar-refractivity contribution in [3.8, 4) is 0 Å². The minimum absolute atomic E-state index is 0.0363. The van der Waals surface area contributed by atoms with Crippen LogP contribution in [0.25, 0.3) is 0 Å². The van der Waals surface area contributed by atoms with Crippen molar-refractivity contribution < 1.29 is 14.3 Å². The fourth-order valence-corrected chi connectivity index (χ4v) is 1.24. The van der Waals surface area contributed by atoms with Crippen molar-refractivity contribution in [2.75, 3.05) is 0 Å². The molecule has 1 N–H and O–H groups in total. The monoisotopic (exact) mass is 229 g/mol. The molecule has 0 heterocycles. The molecule has 16 heavy (non-hydrogen) atoms. The van der Waals surface area contributed by atoms with E-state index in [-0.39, 0.29) is 11.8 Å². The number of Topliss-reactive ketones (excluding diaryl/α,β-unsaturated/α-hetero) is 1. The van der Waals surface area contributed by atoms with E-state index in [1.54, 1.807) is 6.92 Å². The van der Waals surface area contributed by atoms with Crippen LogP contribution in [0, 0.1) is 0 Å². The third-order valence-corrected chi connectivity index (χ3v) is 1.93. The Bertz CT molecular complexity index is 243. The van der Waals surface area contributed by atoms with Gasteiger partial charge in [0.1, 0.15) is 11.4 Å². The molecule has 0 aliphatic heterocycles. The first-order chi connectivity index (χ1) is 7.20. The first kappa shape index (κ1) is 14.9. The van der Waals surface area contributed by atoms with Gasteiger partial charge >= 0.3 is 6.09 Å². The molecular formula is C12H23NO3. The van der Waals surface area contributed by atoms with Crippen LogP contribution >= 0.6 is 0 Å². The van der Waals surface area contributed by atoms with Crippen LogP contribution in [0.5, 0.6) is 0 Å². The number of alkyl carbamates (subject to hydrolysis) is 1. The Labute approximate surface area is 97.7 Å². The van der Waals surface area contributed by atoms with E-state index in [0.29, 0.717) is 6.42 Å². The molecule has 0 aromatic heterocycles. The Hall–Kier alpha value is -1.06. The second-order valence-corrected chi connectivity index (χ2v) is 5.14. The van der Waals surface area contributed by atoms with Crippen LogP contribution in [-0.4, -0.2) is 23.5 Å². The Morgan fingerprint density at radius 3 is 2.31 bits per heavy atom. The van der Waals surface area contributed by atoms with Crippen LogP contribution in [0.4, 0.5) is 4.79 Å². The van der Waals surface area contributed by atoms with Crippen LogP contribution in [0.2, 0.25) is 0 Å². The number of ether oxygens (including phenoxy) is 1. The summed E-state index contributed by atoms with van der Waals surface area (Å²) in [5.41, 5.74) is -0.469. The highest BCUT2D eigenvalue weighted by molar-refractivity contribution is 5.75. The predicted molar refractivity (Wildman–Crippen MR) is 63.4 cm³/mol. The normalized spacial score (nSPS) is 13.1. The Morgan fingerprint density at radius 2 is 1.88 bits per heavy atom. The highest BCUT2D eigenvalue weighted by Crippen LogP contribution is 2.08. The molecule has 1 amide bonds. The van der Waals surface area contributed by atoms with E-state index < -0.39 is 11.7 Å². The third kappa shape index (κ3) is 9.49. The summed E-state index contributed by atoms with van der Waals surface area (Å²) in [4.78, 5) is 22.1.